The Hall–Kier alpha value is -1.19. The zero-order valence-corrected chi connectivity index (χ0v) is 9.69. The minimum Gasteiger partial charge on any atom is -0.389 e. The SMILES string of the molecule is Cc1cc(Cl)c2cc(C(N)=S)ccc2n1. The first kappa shape index (κ1) is 10.3. The van der Waals surface area contributed by atoms with Crippen LogP contribution in [0, 0.1) is 6.92 Å². The highest BCUT2D eigenvalue weighted by Gasteiger charge is 2.04. The number of aromatic nitrogens is 1. The Morgan fingerprint density at radius 2 is 2.13 bits per heavy atom. The molecule has 0 aliphatic carbocycles. The van der Waals surface area contributed by atoms with Crippen molar-refractivity contribution in [2.24, 2.45) is 5.73 Å². The third-order valence-electron chi connectivity index (χ3n) is 2.17. The van der Waals surface area contributed by atoms with Crippen LogP contribution in [0.3, 0.4) is 0 Å². The molecule has 2 rings (SSSR count). The number of hydrogen-bond donors (Lipinski definition) is 1. The Bertz CT molecular complexity index is 552. The molecule has 0 saturated heterocycles. The van der Waals surface area contributed by atoms with Crippen molar-refractivity contribution in [3.63, 3.8) is 0 Å². The third kappa shape index (κ3) is 1.94. The van der Waals surface area contributed by atoms with E-state index in [1.165, 1.54) is 0 Å². The second-order valence-corrected chi connectivity index (χ2v) is 4.19. The molecule has 0 atom stereocenters. The van der Waals surface area contributed by atoms with E-state index in [0.717, 1.165) is 22.2 Å². The van der Waals surface area contributed by atoms with Crippen LogP contribution >= 0.6 is 23.8 Å². The van der Waals surface area contributed by atoms with Crippen molar-refractivity contribution in [1.29, 1.82) is 0 Å². The zero-order chi connectivity index (χ0) is 11.0. The van der Waals surface area contributed by atoms with Crippen LogP contribution in [0.5, 0.6) is 0 Å². The van der Waals surface area contributed by atoms with Gasteiger partial charge in [-0.1, -0.05) is 23.8 Å². The molecule has 0 bridgehead atoms. The number of fused-ring (bicyclic) bond motifs is 1. The Morgan fingerprint density at radius 1 is 1.40 bits per heavy atom. The average molecular weight is 237 g/mol. The van der Waals surface area contributed by atoms with E-state index in [-0.39, 0.29) is 0 Å². The molecular formula is C11H9ClN2S. The minimum absolute atomic E-state index is 0.369. The van der Waals surface area contributed by atoms with E-state index in [9.17, 15) is 0 Å². The molecule has 0 unspecified atom stereocenters. The largest absolute Gasteiger partial charge is 0.389 e. The van der Waals surface area contributed by atoms with Crippen LogP contribution in [-0.4, -0.2) is 9.97 Å². The highest BCUT2D eigenvalue weighted by atomic mass is 35.5. The van der Waals surface area contributed by atoms with Crippen LogP contribution in [0.15, 0.2) is 24.3 Å². The standard InChI is InChI=1S/C11H9ClN2S/c1-6-4-9(12)8-5-7(11(13)15)2-3-10(8)14-6/h2-5H,1H3,(H2,13,15). The van der Waals surface area contributed by atoms with Gasteiger partial charge in [-0.2, -0.15) is 0 Å². The number of hydrogen-bond acceptors (Lipinski definition) is 2. The molecule has 1 aromatic carbocycles. The van der Waals surface area contributed by atoms with Gasteiger partial charge < -0.3 is 5.73 Å². The maximum Gasteiger partial charge on any atom is 0.104 e. The van der Waals surface area contributed by atoms with E-state index in [4.69, 9.17) is 29.6 Å². The predicted octanol–water partition coefficient (Wildman–Crippen LogP) is 2.83. The topological polar surface area (TPSA) is 38.9 Å². The van der Waals surface area contributed by atoms with Gasteiger partial charge in [-0.05, 0) is 31.2 Å². The maximum atomic E-state index is 6.11. The molecule has 1 heterocycles. The molecule has 1 aromatic heterocycles. The predicted molar refractivity (Wildman–Crippen MR) is 67.4 cm³/mol. The van der Waals surface area contributed by atoms with Crippen LogP contribution in [0.25, 0.3) is 10.9 Å². The van der Waals surface area contributed by atoms with Gasteiger partial charge in [0.05, 0.1) is 10.5 Å². The highest BCUT2D eigenvalue weighted by Crippen LogP contribution is 2.23. The van der Waals surface area contributed by atoms with Gasteiger partial charge in [-0.3, -0.25) is 4.98 Å². The fourth-order valence-electron chi connectivity index (χ4n) is 1.46. The van der Waals surface area contributed by atoms with Crippen LogP contribution < -0.4 is 5.73 Å². The summed E-state index contributed by atoms with van der Waals surface area (Å²) in [5, 5.41) is 1.56. The summed E-state index contributed by atoms with van der Waals surface area (Å²) < 4.78 is 0. The molecule has 0 saturated carbocycles. The molecule has 0 radical (unpaired) electrons. The van der Waals surface area contributed by atoms with E-state index in [1.54, 1.807) is 0 Å². The minimum atomic E-state index is 0.369. The molecular weight excluding hydrogens is 228 g/mol. The first-order valence-electron chi connectivity index (χ1n) is 4.44. The van der Waals surface area contributed by atoms with Crippen molar-refractivity contribution < 1.29 is 0 Å². The summed E-state index contributed by atoms with van der Waals surface area (Å²) in [5.74, 6) is 0. The van der Waals surface area contributed by atoms with Crippen LogP contribution in [0.1, 0.15) is 11.3 Å². The summed E-state index contributed by atoms with van der Waals surface area (Å²) in [7, 11) is 0. The van der Waals surface area contributed by atoms with E-state index < -0.39 is 0 Å². The van der Waals surface area contributed by atoms with Crippen LogP contribution in [0.2, 0.25) is 5.02 Å². The summed E-state index contributed by atoms with van der Waals surface area (Å²) in [6, 6.07) is 7.43. The third-order valence-corrected chi connectivity index (χ3v) is 2.72. The van der Waals surface area contributed by atoms with Gasteiger partial charge in [0.15, 0.2) is 0 Å². The lowest BCUT2D eigenvalue weighted by Gasteiger charge is -2.04. The molecule has 4 heteroatoms. The van der Waals surface area contributed by atoms with Crippen molar-refractivity contribution in [2.45, 2.75) is 6.92 Å². The summed E-state index contributed by atoms with van der Waals surface area (Å²) >= 11 is 11.0. The molecule has 0 aliphatic heterocycles. The smallest absolute Gasteiger partial charge is 0.104 e. The van der Waals surface area contributed by atoms with E-state index in [2.05, 4.69) is 4.98 Å². The van der Waals surface area contributed by atoms with Crippen molar-refractivity contribution in [2.75, 3.05) is 0 Å². The van der Waals surface area contributed by atoms with Gasteiger partial charge in [0.1, 0.15) is 4.99 Å². The van der Waals surface area contributed by atoms with E-state index in [0.29, 0.717) is 10.0 Å². The van der Waals surface area contributed by atoms with Gasteiger partial charge in [-0.15, -0.1) is 0 Å². The average Bonchev–Trinajstić information content (AvgIpc) is 2.16. The quantitative estimate of drug-likeness (QED) is 0.774. The molecule has 0 amide bonds. The Kier molecular flexibility index (Phi) is 2.59. The molecule has 0 spiro atoms. The molecule has 2 nitrogen and oxygen atoms in total. The van der Waals surface area contributed by atoms with Gasteiger partial charge in [0.25, 0.3) is 0 Å². The number of nitrogens with zero attached hydrogens (tertiary/aromatic N) is 1. The van der Waals surface area contributed by atoms with Crippen LogP contribution in [0.4, 0.5) is 0 Å². The van der Waals surface area contributed by atoms with Gasteiger partial charge in [0, 0.05) is 16.6 Å². The first-order valence-corrected chi connectivity index (χ1v) is 5.23. The number of aryl methyl sites for hydroxylation is 1. The summed E-state index contributed by atoms with van der Waals surface area (Å²) in [6.07, 6.45) is 0. The summed E-state index contributed by atoms with van der Waals surface area (Å²) in [6.45, 7) is 1.91. The van der Waals surface area contributed by atoms with Gasteiger partial charge >= 0.3 is 0 Å². The fraction of sp³-hybridized carbons (Fsp3) is 0.0909. The lowest BCUT2D eigenvalue weighted by Crippen LogP contribution is -2.08. The number of rotatable bonds is 1. The van der Waals surface area contributed by atoms with E-state index in [1.807, 2.05) is 31.2 Å². The molecule has 0 fully saturated rings. The molecule has 0 aliphatic rings. The van der Waals surface area contributed by atoms with Crippen molar-refractivity contribution in [3.05, 3.63) is 40.5 Å². The Labute approximate surface area is 98.1 Å². The van der Waals surface area contributed by atoms with Crippen molar-refractivity contribution in [3.8, 4) is 0 Å². The number of thiocarbonyl (C=S) groups is 1. The number of halogens is 1. The monoisotopic (exact) mass is 236 g/mol. The van der Waals surface area contributed by atoms with Crippen molar-refractivity contribution in [1.82, 2.24) is 4.98 Å². The van der Waals surface area contributed by atoms with Crippen molar-refractivity contribution >= 4 is 39.7 Å². The van der Waals surface area contributed by atoms with Gasteiger partial charge in [-0.25, -0.2) is 0 Å². The summed E-state index contributed by atoms with van der Waals surface area (Å²) in [5.41, 5.74) is 8.12. The first-order chi connectivity index (χ1) is 7.08. The van der Waals surface area contributed by atoms with Crippen LogP contribution in [-0.2, 0) is 0 Å². The Balaban J connectivity index is 2.76. The Morgan fingerprint density at radius 3 is 2.80 bits per heavy atom. The second-order valence-electron chi connectivity index (χ2n) is 3.34. The lowest BCUT2D eigenvalue weighted by molar-refractivity contribution is 1.26. The highest BCUT2D eigenvalue weighted by molar-refractivity contribution is 7.80. The fourth-order valence-corrected chi connectivity index (χ4v) is 1.90. The normalized spacial score (nSPS) is 10.5. The number of pyridine rings is 1. The zero-order valence-electron chi connectivity index (χ0n) is 8.12. The van der Waals surface area contributed by atoms with E-state index >= 15 is 0 Å². The molecule has 15 heavy (non-hydrogen) atoms. The summed E-state index contributed by atoms with van der Waals surface area (Å²) in [4.78, 5) is 4.74. The number of benzene rings is 1. The number of nitrogens with two attached hydrogens (primary N) is 1. The molecule has 76 valence electrons. The maximum absolute atomic E-state index is 6.11. The van der Waals surface area contributed by atoms with Gasteiger partial charge in [0.2, 0.25) is 0 Å². The molecule has 2 N–H and O–H groups in total. The second kappa shape index (κ2) is 3.76. The molecule has 2 aromatic rings. The lowest BCUT2D eigenvalue weighted by atomic mass is 10.1.